The summed E-state index contributed by atoms with van der Waals surface area (Å²) in [6.45, 7) is 7.25. The van der Waals surface area contributed by atoms with E-state index in [4.69, 9.17) is 4.74 Å². The average Bonchev–Trinajstić information content (AvgIpc) is 2.82. The molecule has 0 atom stereocenters. The van der Waals surface area contributed by atoms with Gasteiger partial charge in [0, 0.05) is 11.1 Å². The molecule has 0 unspecified atom stereocenters. The van der Waals surface area contributed by atoms with Crippen molar-refractivity contribution in [3.8, 4) is 22.3 Å². The van der Waals surface area contributed by atoms with Gasteiger partial charge in [0.05, 0.1) is 6.61 Å². The molecule has 3 nitrogen and oxygen atoms in total. The van der Waals surface area contributed by atoms with Gasteiger partial charge in [0.25, 0.3) is 0 Å². The number of aliphatic hydroxyl groups excluding tert-OH is 1. The fraction of sp³-hybridized carbons (Fsp3) is 0.276. The molecule has 0 aliphatic rings. The Kier molecular flexibility index (Phi) is 8.56. The number of esters is 1. The molecule has 0 saturated carbocycles. The van der Waals surface area contributed by atoms with Crippen LogP contribution >= 0.6 is 0 Å². The van der Waals surface area contributed by atoms with Gasteiger partial charge in [0.15, 0.2) is 0 Å². The van der Waals surface area contributed by atoms with Crippen molar-refractivity contribution in [3.05, 3.63) is 95.3 Å². The van der Waals surface area contributed by atoms with Crippen LogP contribution in [0.2, 0.25) is 0 Å². The summed E-state index contributed by atoms with van der Waals surface area (Å²) in [4.78, 5) is 11.7. The van der Waals surface area contributed by atoms with E-state index in [2.05, 4.69) is 13.5 Å². The van der Waals surface area contributed by atoms with Crippen LogP contribution in [0.5, 0.6) is 0 Å². The van der Waals surface area contributed by atoms with Crippen LogP contribution in [0, 0.1) is 5.82 Å². The molecule has 1 N–H and O–H groups in total. The predicted molar refractivity (Wildman–Crippen MR) is 131 cm³/mol. The van der Waals surface area contributed by atoms with Crippen molar-refractivity contribution in [2.24, 2.45) is 0 Å². The van der Waals surface area contributed by atoms with Gasteiger partial charge in [-0.3, -0.25) is 0 Å². The standard InChI is InChI=1S/C29H31FO3/c1-4-5-6-7-21-8-15-27(28(30)16-21)23-11-9-22(10-12-23)24-13-14-25(18-31)26(17-24)19-33-29(32)20(2)3/h8-17,31H,2,4-7,18-19H2,1,3H3. The van der Waals surface area contributed by atoms with Crippen molar-refractivity contribution < 1.29 is 19.0 Å². The van der Waals surface area contributed by atoms with Gasteiger partial charge < -0.3 is 9.84 Å². The second-order valence-electron chi connectivity index (χ2n) is 8.35. The fourth-order valence-electron chi connectivity index (χ4n) is 3.73. The Morgan fingerprint density at radius 2 is 1.64 bits per heavy atom. The number of hydrogen-bond donors (Lipinski definition) is 1. The molecule has 0 aromatic heterocycles. The van der Waals surface area contributed by atoms with E-state index in [1.807, 2.05) is 54.6 Å². The van der Waals surface area contributed by atoms with E-state index >= 15 is 0 Å². The van der Waals surface area contributed by atoms with Crippen LogP contribution in [0.25, 0.3) is 22.3 Å². The van der Waals surface area contributed by atoms with Crippen molar-refractivity contribution >= 4 is 5.97 Å². The van der Waals surface area contributed by atoms with E-state index < -0.39 is 5.97 Å². The van der Waals surface area contributed by atoms with Crippen LogP contribution in [0.3, 0.4) is 0 Å². The van der Waals surface area contributed by atoms with Crippen LogP contribution in [0.15, 0.2) is 72.8 Å². The van der Waals surface area contributed by atoms with Gasteiger partial charge in [-0.05, 0) is 65.3 Å². The van der Waals surface area contributed by atoms with Crippen LogP contribution in [0.1, 0.15) is 49.8 Å². The SMILES string of the molecule is C=C(C)C(=O)OCc1cc(-c2ccc(-c3ccc(CCCCC)cc3F)cc2)ccc1CO. The monoisotopic (exact) mass is 446 g/mol. The van der Waals surface area contributed by atoms with E-state index in [0.29, 0.717) is 16.7 Å². The summed E-state index contributed by atoms with van der Waals surface area (Å²) < 4.78 is 20.0. The molecule has 172 valence electrons. The number of hydrogen-bond acceptors (Lipinski definition) is 3. The zero-order valence-electron chi connectivity index (χ0n) is 19.4. The summed E-state index contributed by atoms with van der Waals surface area (Å²) in [7, 11) is 0. The fourth-order valence-corrected chi connectivity index (χ4v) is 3.73. The Hall–Kier alpha value is -3.24. The highest BCUT2D eigenvalue weighted by Crippen LogP contribution is 2.29. The number of ether oxygens (including phenoxy) is 1. The Morgan fingerprint density at radius 1 is 0.939 bits per heavy atom. The number of rotatable bonds is 10. The molecule has 3 rings (SSSR count). The molecule has 4 heteroatoms. The second kappa shape index (κ2) is 11.6. The van der Waals surface area contributed by atoms with Crippen molar-refractivity contribution in [1.29, 1.82) is 0 Å². The largest absolute Gasteiger partial charge is 0.457 e. The quantitative estimate of drug-likeness (QED) is 0.207. The van der Waals surface area contributed by atoms with Gasteiger partial charge in [-0.1, -0.05) is 74.9 Å². The number of benzene rings is 3. The molecule has 0 spiro atoms. The Bertz CT molecular complexity index is 1120. The summed E-state index contributed by atoms with van der Waals surface area (Å²) in [5, 5.41) is 9.63. The van der Waals surface area contributed by atoms with E-state index in [-0.39, 0.29) is 19.0 Å². The maximum absolute atomic E-state index is 14.7. The summed E-state index contributed by atoms with van der Waals surface area (Å²) in [6.07, 6.45) is 4.28. The molecular weight excluding hydrogens is 415 g/mol. The minimum atomic E-state index is -0.466. The topological polar surface area (TPSA) is 46.5 Å². The summed E-state index contributed by atoms with van der Waals surface area (Å²) in [5.41, 5.74) is 6.07. The van der Waals surface area contributed by atoms with E-state index in [1.165, 1.54) is 0 Å². The van der Waals surface area contributed by atoms with Crippen molar-refractivity contribution in [2.45, 2.75) is 52.7 Å². The van der Waals surface area contributed by atoms with Gasteiger partial charge in [0.1, 0.15) is 12.4 Å². The van der Waals surface area contributed by atoms with Crippen LogP contribution in [-0.4, -0.2) is 11.1 Å². The molecule has 0 bridgehead atoms. The maximum Gasteiger partial charge on any atom is 0.333 e. The lowest BCUT2D eigenvalue weighted by atomic mass is 9.96. The number of aryl methyl sites for hydroxylation is 1. The molecule has 0 saturated heterocycles. The van der Waals surface area contributed by atoms with Crippen LogP contribution in [-0.2, 0) is 29.2 Å². The number of unbranched alkanes of at least 4 members (excludes halogenated alkanes) is 2. The molecule has 0 amide bonds. The third kappa shape index (κ3) is 6.39. The first-order valence-corrected chi connectivity index (χ1v) is 11.4. The summed E-state index contributed by atoms with van der Waals surface area (Å²) >= 11 is 0. The minimum absolute atomic E-state index is 0.0589. The van der Waals surface area contributed by atoms with Gasteiger partial charge in [-0.25, -0.2) is 9.18 Å². The van der Waals surface area contributed by atoms with Gasteiger partial charge >= 0.3 is 5.97 Å². The number of halogens is 1. The number of aliphatic hydroxyl groups is 1. The first kappa shape index (κ1) is 24.4. The van der Waals surface area contributed by atoms with Gasteiger partial charge in [0.2, 0.25) is 0 Å². The molecule has 0 radical (unpaired) electrons. The molecule has 0 fully saturated rings. The zero-order chi connectivity index (χ0) is 23.8. The first-order valence-electron chi connectivity index (χ1n) is 11.4. The zero-order valence-corrected chi connectivity index (χ0v) is 19.4. The average molecular weight is 447 g/mol. The highest BCUT2D eigenvalue weighted by molar-refractivity contribution is 5.87. The van der Waals surface area contributed by atoms with E-state index in [0.717, 1.165) is 53.5 Å². The lowest BCUT2D eigenvalue weighted by molar-refractivity contribution is -0.140. The second-order valence-corrected chi connectivity index (χ2v) is 8.35. The Balaban J connectivity index is 1.79. The van der Waals surface area contributed by atoms with Gasteiger partial charge in [-0.2, -0.15) is 0 Å². The highest BCUT2D eigenvalue weighted by Gasteiger charge is 2.11. The molecule has 3 aromatic carbocycles. The lowest BCUT2D eigenvalue weighted by Crippen LogP contribution is -2.06. The molecular formula is C29H31FO3. The van der Waals surface area contributed by atoms with E-state index in [9.17, 15) is 14.3 Å². The third-order valence-electron chi connectivity index (χ3n) is 5.72. The Labute approximate surface area is 195 Å². The molecule has 33 heavy (non-hydrogen) atoms. The van der Waals surface area contributed by atoms with Crippen LogP contribution in [0.4, 0.5) is 4.39 Å². The maximum atomic E-state index is 14.7. The van der Waals surface area contributed by atoms with E-state index in [1.54, 1.807) is 13.0 Å². The molecule has 3 aromatic rings. The minimum Gasteiger partial charge on any atom is -0.457 e. The predicted octanol–water partition coefficient (Wildman–Crippen LogP) is 7.00. The third-order valence-corrected chi connectivity index (χ3v) is 5.72. The lowest BCUT2D eigenvalue weighted by Gasteiger charge is -2.12. The highest BCUT2D eigenvalue weighted by atomic mass is 19.1. The number of carbonyl (C=O) groups excluding carboxylic acids is 1. The van der Waals surface area contributed by atoms with Gasteiger partial charge in [-0.15, -0.1) is 0 Å². The van der Waals surface area contributed by atoms with Crippen molar-refractivity contribution in [3.63, 3.8) is 0 Å². The summed E-state index contributed by atoms with van der Waals surface area (Å²) in [5.74, 6) is -0.669. The molecule has 0 aliphatic heterocycles. The normalized spacial score (nSPS) is 10.8. The van der Waals surface area contributed by atoms with Crippen LogP contribution < -0.4 is 0 Å². The Morgan fingerprint density at radius 3 is 2.27 bits per heavy atom. The van der Waals surface area contributed by atoms with Crippen molar-refractivity contribution in [1.82, 2.24) is 0 Å². The smallest absolute Gasteiger partial charge is 0.333 e. The molecule has 0 aliphatic carbocycles. The van der Waals surface area contributed by atoms with Crippen molar-refractivity contribution in [2.75, 3.05) is 0 Å². The summed E-state index contributed by atoms with van der Waals surface area (Å²) in [6, 6.07) is 18.9. The first-order chi connectivity index (χ1) is 15.9. The molecule has 0 heterocycles. The number of carbonyl (C=O) groups is 1.